The van der Waals surface area contributed by atoms with Gasteiger partial charge in [0.05, 0.1) is 6.10 Å². The highest BCUT2D eigenvalue weighted by Crippen LogP contribution is 2.68. The Morgan fingerprint density at radius 1 is 0.721 bits per heavy atom. The molecule has 43 heavy (non-hydrogen) atoms. The van der Waals surface area contributed by atoms with E-state index in [9.17, 15) is 5.11 Å². The van der Waals surface area contributed by atoms with Crippen molar-refractivity contribution in [2.75, 3.05) is 39.3 Å². The van der Waals surface area contributed by atoms with Crippen molar-refractivity contribution in [2.24, 2.45) is 58.0 Å². The van der Waals surface area contributed by atoms with Crippen LogP contribution in [-0.2, 0) is 0 Å². The largest absolute Gasteiger partial charge is 0.393 e. The van der Waals surface area contributed by atoms with Gasteiger partial charge in [0.1, 0.15) is 0 Å². The Hall–Kier alpha value is 0.0900. The van der Waals surface area contributed by atoms with Gasteiger partial charge < -0.3 is 26.8 Å². The third-order valence-corrected chi connectivity index (χ3v) is 13.3. The zero-order valence-corrected chi connectivity index (χ0v) is 29.8. The molecule has 6 N–H and O–H groups in total. The summed E-state index contributed by atoms with van der Waals surface area (Å²) in [5.74, 6) is 5.93. The fourth-order valence-corrected chi connectivity index (χ4v) is 11.0. The summed E-state index contributed by atoms with van der Waals surface area (Å²) < 4.78 is 0. The van der Waals surface area contributed by atoms with Gasteiger partial charge in [-0.1, -0.05) is 53.9 Å². The monoisotopic (exact) mass is 625 g/mol. The van der Waals surface area contributed by atoms with Crippen molar-refractivity contribution in [3.8, 4) is 0 Å². The summed E-state index contributed by atoms with van der Waals surface area (Å²) in [6, 6.07) is 0.579. The van der Waals surface area contributed by atoms with Crippen LogP contribution < -0.4 is 21.7 Å². The number of unbranched alkanes of at least 4 members (excludes halogenated alkanes) is 1. The third kappa shape index (κ3) is 9.34. The molecule has 10 atom stereocenters. The summed E-state index contributed by atoms with van der Waals surface area (Å²) in [4.78, 5) is 0. The first-order valence-corrected chi connectivity index (χ1v) is 18.7. The molecule has 4 aliphatic carbocycles. The first-order chi connectivity index (χ1) is 20.2. The molecule has 4 saturated carbocycles. The number of rotatable bonds is 18. The molecule has 5 nitrogen and oxygen atoms in total. The molecule has 4 rings (SSSR count). The van der Waals surface area contributed by atoms with Crippen molar-refractivity contribution >= 4 is 12.4 Å². The Morgan fingerprint density at radius 2 is 1.37 bits per heavy atom. The number of aliphatic hydroxyl groups excluding tert-OH is 1. The van der Waals surface area contributed by atoms with Gasteiger partial charge in [0.2, 0.25) is 0 Å². The van der Waals surface area contributed by atoms with Gasteiger partial charge in [-0.05, 0) is 169 Å². The Kier molecular flexibility index (Phi) is 15.6. The quantitative estimate of drug-likeness (QED) is 0.105. The fourth-order valence-electron chi connectivity index (χ4n) is 11.0. The van der Waals surface area contributed by atoms with Crippen LogP contribution in [-0.4, -0.2) is 56.5 Å². The highest BCUT2D eigenvalue weighted by atomic mass is 35.5. The molecule has 0 aromatic rings. The molecule has 0 saturated heterocycles. The molecule has 1 unspecified atom stereocenters. The summed E-state index contributed by atoms with van der Waals surface area (Å²) in [7, 11) is 0. The lowest BCUT2D eigenvalue weighted by Gasteiger charge is -2.63. The average molecular weight is 625 g/mol. The van der Waals surface area contributed by atoms with Crippen LogP contribution in [0.5, 0.6) is 0 Å². The van der Waals surface area contributed by atoms with Crippen LogP contribution in [0.3, 0.4) is 0 Å². The Bertz CT molecular complexity index is 784. The molecule has 0 aromatic carbocycles. The van der Waals surface area contributed by atoms with Gasteiger partial charge in [-0.2, -0.15) is 0 Å². The third-order valence-electron chi connectivity index (χ3n) is 13.3. The SMILES string of the molecule is CC(C)CCC[C@@H](C)[C@H]1CC[C@H]2[C@@H]3C[C@@H](NCCCNCCCCNCCCN)C4C[C@@H](O)CC[C@]4(C)[C@H]3CC[C@]12C.Cl. The lowest BCUT2D eigenvalue weighted by atomic mass is 9.43. The topological polar surface area (TPSA) is 82.3 Å². The van der Waals surface area contributed by atoms with E-state index in [-0.39, 0.29) is 18.5 Å². The van der Waals surface area contributed by atoms with Gasteiger partial charge in [-0.25, -0.2) is 0 Å². The molecule has 0 amide bonds. The first kappa shape index (κ1) is 37.5. The average Bonchev–Trinajstić information content (AvgIpc) is 3.31. The van der Waals surface area contributed by atoms with E-state index in [2.05, 4.69) is 50.6 Å². The summed E-state index contributed by atoms with van der Waals surface area (Å²) in [6.07, 6.45) is 19.4. The number of nitrogens with two attached hydrogens (primary N) is 1. The molecular weight excluding hydrogens is 552 g/mol. The van der Waals surface area contributed by atoms with E-state index in [1.807, 2.05) is 0 Å². The molecule has 0 radical (unpaired) electrons. The number of aliphatic hydroxyl groups is 1. The van der Waals surface area contributed by atoms with E-state index < -0.39 is 0 Å². The molecule has 0 spiro atoms. The van der Waals surface area contributed by atoms with Crippen molar-refractivity contribution in [1.29, 1.82) is 0 Å². The van der Waals surface area contributed by atoms with Gasteiger partial charge in [0, 0.05) is 6.04 Å². The van der Waals surface area contributed by atoms with Gasteiger partial charge in [0.25, 0.3) is 0 Å². The minimum atomic E-state index is -0.0909. The van der Waals surface area contributed by atoms with Gasteiger partial charge >= 0.3 is 0 Å². The van der Waals surface area contributed by atoms with Crippen molar-refractivity contribution in [1.82, 2.24) is 16.0 Å². The van der Waals surface area contributed by atoms with Crippen molar-refractivity contribution in [3.05, 3.63) is 0 Å². The molecular formula is C37H73ClN4O. The van der Waals surface area contributed by atoms with Crippen LogP contribution >= 0.6 is 12.4 Å². The number of halogens is 1. The molecule has 0 heterocycles. The normalized spacial score (nSPS) is 37.8. The smallest absolute Gasteiger partial charge is 0.0543 e. The first-order valence-electron chi connectivity index (χ1n) is 18.7. The second-order valence-corrected chi connectivity index (χ2v) is 16.4. The molecule has 4 fully saturated rings. The van der Waals surface area contributed by atoms with E-state index in [1.54, 1.807) is 0 Å². The number of fused-ring (bicyclic) bond motifs is 5. The Balaban J connectivity index is 0.00000506. The molecule has 0 aliphatic heterocycles. The van der Waals surface area contributed by atoms with Gasteiger partial charge in [0.15, 0.2) is 0 Å². The van der Waals surface area contributed by atoms with Crippen LogP contribution in [0.4, 0.5) is 0 Å². The van der Waals surface area contributed by atoms with Crippen LogP contribution in [0.15, 0.2) is 0 Å². The summed E-state index contributed by atoms with van der Waals surface area (Å²) in [5.41, 5.74) is 6.51. The summed E-state index contributed by atoms with van der Waals surface area (Å²) in [5, 5.41) is 22.1. The maximum atomic E-state index is 10.8. The standard InChI is InChI=1S/C37H72N4O.ClH/c1-27(2)11-8-12-28(3)31-13-14-32-30-26-35(41-24-10-23-40-21-7-6-20-39-22-9-19-38)34-25-29(42)15-17-37(34,5)33(30)16-18-36(31,32)4;/h27-35,39-42H,6-26,38H2,1-5H3;1H/t28-,29+,30+,31-,32+,33+,34?,35-,36-,37-;/m1./s1. The van der Waals surface area contributed by atoms with E-state index in [0.717, 1.165) is 94.0 Å². The maximum Gasteiger partial charge on any atom is 0.0543 e. The molecule has 0 aromatic heterocycles. The minimum Gasteiger partial charge on any atom is -0.393 e. The second kappa shape index (κ2) is 17.9. The summed E-state index contributed by atoms with van der Waals surface area (Å²) >= 11 is 0. The molecule has 254 valence electrons. The van der Waals surface area contributed by atoms with Crippen LogP contribution in [0.25, 0.3) is 0 Å². The molecule has 0 bridgehead atoms. The Labute approximate surface area is 273 Å². The van der Waals surface area contributed by atoms with Crippen molar-refractivity contribution in [2.45, 2.75) is 143 Å². The van der Waals surface area contributed by atoms with E-state index in [0.29, 0.717) is 22.8 Å². The molecule has 4 aliphatic rings. The van der Waals surface area contributed by atoms with E-state index >= 15 is 0 Å². The minimum absolute atomic E-state index is 0. The summed E-state index contributed by atoms with van der Waals surface area (Å²) in [6.45, 7) is 19.0. The van der Waals surface area contributed by atoms with Gasteiger partial charge in [-0.3, -0.25) is 0 Å². The lowest BCUT2D eigenvalue weighted by molar-refractivity contribution is -0.141. The fraction of sp³-hybridized carbons (Fsp3) is 1.00. The number of hydrogen-bond donors (Lipinski definition) is 5. The maximum absolute atomic E-state index is 10.8. The highest BCUT2D eigenvalue weighted by molar-refractivity contribution is 5.85. The van der Waals surface area contributed by atoms with Crippen LogP contribution in [0.2, 0.25) is 0 Å². The zero-order chi connectivity index (χ0) is 30.2. The van der Waals surface area contributed by atoms with Crippen molar-refractivity contribution < 1.29 is 5.11 Å². The number of nitrogens with one attached hydrogen (secondary N) is 3. The molecule has 6 heteroatoms. The lowest BCUT2D eigenvalue weighted by Crippen LogP contribution is -2.61. The predicted molar refractivity (Wildman–Crippen MR) is 187 cm³/mol. The van der Waals surface area contributed by atoms with Crippen LogP contribution in [0.1, 0.15) is 131 Å². The number of hydrogen-bond acceptors (Lipinski definition) is 5. The predicted octanol–water partition coefficient (Wildman–Crippen LogP) is 7.16. The Morgan fingerprint density at radius 3 is 2.07 bits per heavy atom. The van der Waals surface area contributed by atoms with E-state index in [1.165, 1.54) is 77.0 Å². The van der Waals surface area contributed by atoms with Gasteiger partial charge in [-0.15, -0.1) is 12.4 Å². The highest BCUT2D eigenvalue weighted by Gasteiger charge is 2.62. The van der Waals surface area contributed by atoms with Crippen molar-refractivity contribution in [3.63, 3.8) is 0 Å². The van der Waals surface area contributed by atoms with E-state index in [4.69, 9.17) is 5.73 Å². The zero-order valence-electron chi connectivity index (χ0n) is 29.0. The second-order valence-electron chi connectivity index (χ2n) is 16.4. The van der Waals surface area contributed by atoms with Crippen LogP contribution in [0, 0.1) is 52.3 Å².